The summed E-state index contributed by atoms with van der Waals surface area (Å²) in [5.41, 5.74) is 0. The van der Waals surface area contributed by atoms with Crippen molar-refractivity contribution in [3.8, 4) is 0 Å². The molecule has 3 rings (SSSR count). The van der Waals surface area contributed by atoms with Crippen molar-refractivity contribution in [3.63, 3.8) is 0 Å². The molecule has 0 aromatic rings. The molecular weight excluding hydrogens is 364 g/mol. The summed E-state index contributed by atoms with van der Waals surface area (Å²) in [4.78, 5) is 14.7. The van der Waals surface area contributed by atoms with Crippen molar-refractivity contribution in [3.05, 3.63) is 0 Å². The van der Waals surface area contributed by atoms with Gasteiger partial charge in [-0.1, -0.05) is 19.3 Å². The molecule has 2 aliphatic heterocycles. The molecule has 1 N–H and O–H groups in total. The van der Waals surface area contributed by atoms with Gasteiger partial charge in [0.25, 0.3) is 0 Å². The minimum atomic E-state index is -3.05. The van der Waals surface area contributed by atoms with Crippen molar-refractivity contribution in [2.75, 3.05) is 29.6 Å². The van der Waals surface area contributed by atoms with Gasteiger partial charge in [0.05, 0.1) is 29.6 Å². The summed E-state index contributed by atoms with van der Waals surface area (Å²) in [5.74, 6) is 0.390. The molecule has 0 radical (unpaired) electrons. The van der Waals surface area contributed by atoms with Crippen LogP contribution in [-0.2, 0) is 24.5 Å². The van der Waals surface area contributed by atoms with E-state index < -0.39 is 19.7 Å². The third-order valence-electron chi connectivity index (χ3n) is 5.63. The molecule has 1 aliphatic carbocycles. The summed E-state index contributed by atoms with van der Waals surface area (Å²) in [6.45, 7) is 0.0905. The van der Waals surface area contributed by atoms with E-state index in [2.05, 4.69) is 5.32 Å². The van der Waals surface area contributed by atoms with Crippen molar-refractivity contribution in [1.82, 2.24) is 10.2 Å². The average Bonchev–Trinajstić information content (AvgIpc) is 3.08. The Morgan fingerprint density at radius 1 is 0.840 bits per heavy atom. The molecular formula is C16H28N2O5S2. The van der Waals surface area contributed by atoms with E-state index in [1.807, 2.05) is 4.90 Å². The Morgan fingerprint density at radius 3 is 2.04 bits per heavy atom. The number of sulfone groups is 2. The number of hydrogen-bond acceptors (Lipinski definition) is 6. The third-order valence-corrected chi connectivity index (χ3v) is 9.15. The molecule has 0 bridgehead atoms. The van der Waals surface area contributed by atoms with Gasteiger partial charge in [-0.25, -0.2) is 16.8 Å². The van der Waals surface area contributed by atoms with Crippen molar-refractivity contribution < 1.29 is 21.6 Å². The topological polar surface area (TPSA) is 101 Å². The Balaban J connectivity index is 1.64. The van der Waals surface area contributed by atoms with Crippen LogP contribution in [0.15, 0.2) is 0 Å². The smallest absolute Gasteiger partial charge is 0.237 e. The Kier molecular flexibility index (Phi) is 5.75. The first-order chi connectivity index (χ1) is 11.8. The zero-order valence-corrected chi connectivity index (χ0v) is 16.2. The summed E-state index contributed by atoms with van der Waals surface area (Å²) in [7, 11) is -6.03. The van der Waals surface area contributed by atoms with Gasteiger partial charge in [0.2, 0.25) is 5.91 Å². The zero-order chi connectivity index (χ0) is 18.1. The van der Waals surface area contributed by atoms with E-state index >= 15 is 0 Å². The summed E-state index contributed by atoms with van der Waals surface area (Å²) in [5, 5.41) is 3.08. The van der Waals surface area contributed by atoms with Crippen LogP contribution < -0.4 is 5.32 Å². The van der Waals surface area contributed by atoms with Crippen molar-refractivity contribution in [2.45, 2.75) is 63.1 Å². The highest BCUT2D eigenvalue weighted by Gasteiger charge is 2.38. The highest BCUT2D eigenvalue weighted by Crippen LogP contribution is 2.28. The molecule has 3 aliphatic rings. The number of amides is 1. The molecule has 7 nitrogen and oxygen atoms in total. The van der Waals surface area contributed by atoms with E-state index in [1.54, 1.807) is 0 Å². The zero-order valence-electron chi connectivity index (χ0n) is 14.5. The normalized spacial score (nSPS) is 31.8. The van der Waals surface area contributed by atoms with E-state index in [1.165, 1.54) is 6.42 Å². The highest BCUT2D eigenvalue weighted by molar-refractivity contribution is 7.91. The fourth-order valence-electron chi connectivity index (χ4n) is 4.34. The Hall–Kier alpha value is -0.670. The molecule has 1 amide bonds. The monoisotopic (exact) mass is 392 g/mol. The van der Waals surface area contributed by atoms with Crippen LogP contribution >= 0.6 is 0 Å². The lowest BCUT2D eigenvalue weighted by atomic mass is 9.93. The third kappa shape index (κ3) is 4.95. The predicted molar refractivity (Wildman–Crippen MR) is 95.8 cm³/mol. The van der Waals surface area contributed by atoms with Gasteiger partial charge in [0.1, 0.15) is 0 Å². The lowest BCUT2D eigenvalue weighted by Gasteiger charge is -2.38. The molecule has 0 spiro atoms. The minimum Gasteiger partial charge on any atom is -0.335 e. The Labute approximate surface area is 150 Å². The maximum atomic E-state index is 12.9. The van der Waals surface area contributed by atoms with Gasteiger partial charge < -0.3 is 10.2 Å². The van der Waals surface area contributed by atoms with Crippen LogP contribution in [0.1, 0.15) is 44.9 Å². The second-order valence-corrected chi connectivity index (χ2v) is 12.1. The van der Waals surface area contributed by atoms with Crippen LogP contribution in [0.5, 0.6) is 0 Å². The van der Waals surface area contributed by atoms with Crippen LogP contribution in [0, 0.1) is 0 Å². The lowest BCUT2D eigenvalue weighted by molar-refractivity contribution is -0.135. The van der Waals surface area contributed by atoms with Gasteiger partial charge in [-0.2, -0.15) is 0 Å². The second-order valence-electron chi connectivity index (χ2n) is 7.63. The van der Waals surface area contributed by atoms with Crippen LogP contribution in [-0.4, -0.2) is 75.3 Å². The van der Waals surface area contributed by atoms with Crippen LogP contribution in [0.25, 0.3) is 0 Å². The van der Waals surface area contributed by atoms with Gasteiger partial charge in [0, 0.05) is 18.1 Å². The molecule has 0 aromatic carbocycles. The predicted octanol–water partition coefficient (Wildman–Crippen LogP) is 0.112. The summed E-state index contributed by atoms with van der Waals surface area (Å²) in [6, 6.07) is -0.280. The fraction of sp³-hybridized carbons (Fsp3) is 0.938. The maximum absolute atomic E-state index is 12.9. The van der Waals surface area contributed by atoms with Gasteiger partial charge in [-0.05, 0) is 25.7 Å². The quantitative estimate of drug-likeness (QED) is 0.713. The fourth-order valence-corrected chi connectivity index (χ4v) is 7.76. The Morgan fingerprint density at radius 2 is 1.48 bits per heavy atom. The number of rotatable bonds is 5. The molecule has 2 saturated heterocycles. The summed E-state index contributed by atoms with van der Waals surface area (Å²) >= 11 is 0. The molecule has 25 heavy (non-hydrogen) atoms. The number of nitrogens with zero attached hydrogens (tertiary/aromatic N) is 1. The maximum Gasteiger partial charge on any atom is 0.237 e. The highest BCUT2D eigenvalue weighted by atomic mass is 32.2. The first-order valence-electron chi connectivity index (χ1n) is 9.21. The number of carbonyl (C=O) groups excluding carboxylic acids is 1. The number of hydrogen-bond donors (Lipinski definition) is 1. The number of carbonyl (C=O) groups is 1. The summed E-state index contributed by atoms with van der Waals surface area (Å²) in [6.07, 6.45) is 6.23. The molecule has 2 atom stereocenters. The average molecular weight is 393 g/mol. The van der Waals surface area contributed by atoms with E-state index in [4.69, 9.17) is 0 Å². The first kappa shape index (κ1) is 19.1. The molecule has 1 saturated carbocycles. The van der Waals surface area contributed by atoms with Gasteiger partial charge in [-0.15, -0.1) is 0 Å². The molecule has 9 heteroatoms. The van der Waals surface area contributed by atoms with E-state index in [9.17, 15) is 21.6 Å². The van der Waals surface area contributed by atoms with Crippen molar-refractivity contribution >= 4 is 25.6 Å². The van der Waals surface area contributed by atoms with Crippen LogP contribution in [0.3, 0.4) is 0 Å². The van der Waals surface area contributed by atoms with Crippen LogP contribution in [0.2, 0.25) is 0 Å². The van der Waals surface area contributed by atoms with Gasteiger partial charge >= 0.3 is 0 Å². The Bertz CT molecular complexity index is 698. The van der Waals surface area contributed by atoms with E-state index in [-0.39, 0.29) is 53.6 Å². The van der Waals surface area contributed by atoms with Crippen LogP contribution in [0.4, 0.5) is 0 Å². The van der Waals surface area contributed by atoms with E-state index in [0.29, 0.717) is 12.8 Å². The van der Waals surface area contributed by atoms with Gasteiger partial charge in [0.15, 0.2) is 19.7 Å². The van der Waals surface area contributed by atoms with Crippen molar-refractivity contribution in [2.24, 2.45) is 0 Å². The molecule has 0 aromatic heterocycles. The van der Waals surface area contributed by atoms with Crippen molar-refractivity contribution in [1.29, 1.82) is 0 Å². The first-order valence-corrected chi connectivity index (χ1v) is 12.9. The minimum absolute atomic E-state index is 0.0625. The largest absolute Gasteiger partial charge is 0.335 e. The van der Waals surface area contributed by atoms with Gasteiger partial charge in [-0.3, -0.25) is 4.79 Å². The summed E-state index contributed by atoms with van der Waals surface area (Å²) < 4.78 is 46.8. The SMILES string of the molecule is O=C(CNC1CCS(=O)(=O)C1)N(C1CCCCC1)C1CCS(=O)(=O)C1. The molecule has 144 valence electrons. The second kappa shape index (κ2) is 7.52. The lowest BCUT2D eigenvalue weighted by Crippen LogP contribution is -2.52. The number of nitrogens with one attached hydrogen (secondary N) is 1. The standard InChI is InChI=1S/C16H28N2O5S2/c19-16(10-17-13-6-8-24(20,21)11-13)18(14-4-2-1-3-5-14)15-7-9-25(22,23)12-15/h13-15,17H,1-12H2. The molecule has 2 heterocycles. The molecule has 2 unspecified atom stereocenters. The van der Waals surface area contributed by atoms with E-state index in [0.717, 1.165) is 25.7 Å². The molecule has 3 fully saturated rings.